The zero-order valence-electron chi connectivity index (χ0n) is 37.3. The predicted octanol–water partition coefficient (Wildman–Crippen LogP) is 4.96. The number of pyridine rings is 2. The molecule has 0 saturated heterocycles. The maximum Gasteiger partial charge on any atom is 2.00 e. The summed E-state index contributed by atoms with van der Waals surface area (Å²) in [6, 6.07) is 22.5. The zero-order valence-corrected chi connectivity index (χ0v) is 40.3. The van der Waals surface area contributed by atoms with E-state index < -0.39 is 18.3 Å². The zero-order chi connectivity index (χ0) is 43.6. The molecule has 4 aromatic carbocycles. The second-order valence-corrected chi connectivity index (χ2v) is 17.1. The van der Waals surface area contributed by atoms with Crippen molar-refractivity contribution >= 4 is 72.7 Å². The van der Waals surface area contributed by atoms with Gasteiger partial charge in [-0.1, -0.05) is 74.2 Å². The maximum atomic E-state index is 13.5. The van der Waals surface area contributed by atoms with Crippen LogP contribution in [0.15, 0.2) is 120 Å². The average Bonchev–Trinajstić information content (AvgIpc) is 3.31. The first kappa shape index (κ1) is 50.2. The molecule has 0 amide bonds. The normalized spacial score (nSPS) is 18.6. The van der Waals surface area contributed by atoms with E-state index in [2.05, 4.69) is 19.9 Å². The van der Waals surface area contributed by atoms with Crippen molar-refractivity contribution < 1.29 is 37.1 Å². The van der Waals surface area contributed by atoms with Crippen LogP contribution < -0.4 is 28.1 Å². The van der Waals surface area contributed by atoms with E-state index in [0.717, 1.165) is 94.2 Å². The molecule has 12 nitrogen and oxygen atoms in total. The number of aliphatic hydroxyl groups excluding tert-OH is 3. The monoisotopic (exact) mass is 960 g/mol. The summed E-state index contributed by atoms with van der Waals surface area (Å²) in [6.07, 6.45) is 17.7. The van der Waals surface area contributed by atoms with Crippen LogP contribution in [-0.2, 0) is 12.8 Å². The van der Waals surface area contributed by atoms with Gasteiger partial charge in [0.05, 0.1) is 64.9 Å². The van der Waals surface area contributed by atoms with E-state index in [1.54, 1.807) is 53.2 Å². The van der Waals surface area contributed by atoms with Crippen molar-refractivity contribution in [2.45, 2.75) is 102 Å². The molecule has 0 radical (unpaired) electrons. The van der Waals surface area contributed by atoms with Gasteiger partial charge in [0.25, 0.3) is 11.1 Å². The van der Waals surface area contributed by atoms with Gasteiger partial charge >= 0.3 is 23.1 Å². The van der Waals surface area contributed by atoms with Crippen LogP contribution in [0.3, 0.4) is 0 Å². The average molecular weight is 962 g/mol. The minimum absolute atomic E-state index is 0. The first-order chi connectivity index (χ1) is 30.7. The summed E-state index contributed by atoms with van der Waals surface area (Å²) in [4.78, 5) is 55.8. The van der Waals surface area contributed by atoms with Crippen molar-refractivity contribution in [3.8, 4) is 0 Å². The molecule has 336 valence electrons. The number of aromatic nitrogens is 6. The van der Waals surface area contributed by atoms with Crippen molar-refractivity contribution in [1.82, 2.24) is 29.1 Å². The number of fused-ring (bicyclic) bond motifs is 6. The van der Waals surface area contributed by atoms with Crippen LogP contribution in [0, 0.1) is 7.43 Å². The van der Waals surface area contributed by atoms with E-state index in [-0.39, 0.29) is 70.7 Å². The van der Waals surface area contributed by atoms with Crippen LogP contribution in [0.4, 0.5) is 0 Å². The Bertz CT molecular complexity index is 3090. The van der Waals surface area contributed by atoms with Crippen LogP contribution >= 0.6 is 0 Å². The van der Waals surface area contributed by atoms with E-state index >= 15 is 0 Å². The van der Waals surface area contributed by atoms with Crippen molar-refractivity contribution in [3.63, 3.8) is 0 Å². The molecule has 8 aromatic rings. The number of aldehydes is 1. The van der Waals surface area contributed by atoms with Gasteiger partial charge in [-0.2, -0.15) is 0 Å². The van der Waals surface area contributed by atoms with Crippen molar-refractivity contribution in [3.05, 3.63) is 172 Å². The van der Waals surface area contributed by atoms with E-state index in [0.29, 0.717) is 53.1 Å². The fourth-order valence-electron chi connectivity index (χ4n) is 9.54. The number of halogens is 1. The van der Waals surface area contributed by atoms with E-state index in [9.17, 15) is 29.7 Å². The molecule has 2 aliphatic carbocycles. The molecule has 0 spiro atoms. The Morgan fingerprint density at radius 2 is 1.06 bits per heavy atom. The number of nitrogens with zero attached hydrogens (tertiary/aromatic N) is 6. The van der Waals surface area contributed by atoms with Crippen LogP contribution in [0.2, 0.25) is 0 Å². The standard InChI is InChI=1S/C26H27N3O3.C25H23N3O3.CH3.BrH.Mg/c1-16(30)18-8-6-17(7-9-18)12-19-13-21-25(20-10-11-27-14-22(19)20)28-15-29(26(21)32)23-4-2-3-5-24(23)31;29-14-17-7-5-16(6-8-17)11-18-12-20-24(19-9-10-26-13-21(18)19)27-15-28(25(20)31)22-3-1-2-4-23(22)30;;;/h6-11,13-16,23-24,30-31H,2-5,12H2,1H3;5-10,12-15,22-23,30H,1-4,11H2;1H3;1H;/q;;-1;;+2/p-1/t16?,23-,24-;22-,23-;;;/m00.../s1. The van der Waals surface area contributed by atoms with Crippen molar-refractivity contribution in [2.75, 3.05) is 0 Å². The SMILES string of the molecule is CC(O)c1ccc(Cc2cc3c(=O)n([C@H]4CCCC[C@@H]4O)cnc3c3ccncc23)cc1.O=Cc1ccc(Cc2cc3c(=O)n([C@H]4CCCC[C@@H]4O)cnc3c3ccncc23)cc1.[Br-].[CH3-].[Mg+2]. The van der Waals surface area contributed by atoms with Gasteiger partial charge in [0.1, 0.15) is 6.29 Å². The van der Waals surface area contributed by atoms with Gasteiger partial charge in [0.2, 0.25) is 0 Å². The molecule has 2 aliphatic rings. The largest absolute Gasteiger partial charge is 2.00 e. The Labute approximate surface area is 409 Å². The Hall–Kier alpha value is -5.22. The molecule has 1 unspecified atom stereocenters. The molecular weight excluding hydrogens is 909 g/mol. The molecular formula is C52H53BrMgN6O6. The summed E-state index contributed by atoms with van der Waals surface area (Å²) in [7, 11) is 0. The van der Waals surface area contributed by atoms with Crippen LogP contribution in [0.1, 0.15) is 115 Å². The van der Waals surface area contributed by atoms with Crippen LogP contribution in [0.25, 0.3) is 43.4 Å². The molecule has 3 N–H and O–H groups in total. The van der Waals surface area contributed by atoms with Gasteiger partial charge in [-0.05, 0) is 97.5 Å². The Balaban J connectivity index is 0.000000209. The number of carbonyl (C=O) groups excluding carboxylic acids is 1. The van der Waals surface area contributed by atoms with Crippen molar-refractivity contribution in [2.24, 2.45) is 0 Å². The summed E-state index contributed by atoms with van der Waals surface area (Å²) >= 11 is 0. The van der Waals surface area contributed by atoms with Gasteiger partial charge in [0.15, 0.2) is 0 Å². The first-order valence-corrected chi connectivity index (χ1v) is 21.9. The fourth-order valence-corrected chi connectivity index (χ4v) is 9.54. The molecule has 5 atom stereocenters. The third-order valence-corrected chi connectivity index (χ3v) is 13.0. The van der Waals surface area contributed by atoms with Crippen molar-refractivity contribution in [1.29, 1.82) is 0 Å². The van der Waals surface area contributed by atoms with Gasteiger partial charge in [-0.25, -0.2) is 9.97 Å². The number of hydrogen-bond donors (Lipinski definition) is 3. The fraction of sp³-hybridized carbons (Fsp3) is 0.308. The molecule has 2 fully saturated rings. The number of rotatable bonds is 8. The summed E-state index contributed by atoms with van der Waals surface area (Å²) in [5, 5.41) is 35.6. The van der Waals surface area contributed by atoms with Crippen LogP contribution in [0.5, 0.6) is 0 Å². The summed E-state index contributed by atoms with van der Waals surface area (Å²) < 4.78 is 3.24. The first-order valence-electron chi connectivity index (χ1n) is 21.9. The van der Waals surface area contributed by atoms with Gasteiger partial charge in [0, 0.05) is 51.9 Å². The third kappa shape index (κ3) is 10.2. The number of carbonyl (C=O) groups is 1. The number of aliphatic hydroxyl groups is 3. The molecule has 14 heteroatoms. The topological polar surface area (TPSA) is 173 Å². The molecule has 4 heterocycles. The molecule has 66 heavy (non-hydrogen) atoms. The van der Waals surface area contributed by atoms with Gasteiger partial charge in [-0.15, -0.1) is 0 Å². The van der Waals surface area contributed by atoms with Gasteiger partial charge < -0.3 is 39.7 Å². The summed E-state index contributed by atoms with van der Waals surface area (Å²) in [5.74, 6) is 0. The minimum Gasteiger partial charge on any atom is -1.00 e. The number of hydrogen-bond acceptors (Lipinski definition) is 10. The van der Waals surface area contributed by atoms with Gasteiger partial charge in [-0.3, -0.25) is 33.5 Å². The third-order valence-electron chi connectivity index (χ3n) is 13.0. The predicted molar refractivity (Wildman–Crippen MR) is 256 cm³/mol. The smallest absolute Gasteiger partial charge is 1.00 e. The second-order valence-electron chi connectivity index (χ2n) is 17.1. The quantitative estimate of drug-likeness (QED) is 0.0818. The Kier molecular flexibility index (Phi) is 16.8. The maximum absolute atomic E-state index is 13.5. The molecule has 2 saturated carbocycles. The summed E-state index contributed by atoms with van der Waals surface area (Å²) in [5.41, 5.74) is 6.72. The second kappa shape index (κ2) is 22.0. The molecule has 0 bridgehead atoms. The summed E-state index contributed by atoms with van der Waals surface area (Å²) in [6.45, 7) is 1.75. The Morgan fingerprint density at radius 3 is 1.47 bits per heavy atom. The van der Waals surface area contributed by atoms with E-state index in [1.807, 2.05) is 73.1 Å². The van der Waals surface area contributed by atoms with E-state index in [1.165, 1.54) is 0 Å². The van der Waals surface area contributed by atoms with Crippen LogP contribution in [-0.4, -0.2) is 85.9 Å². The minimum atomic E-state index is -0.522. The Morgan fingerprint density at radius 1 is 0.636 bits per heavy atom. The molecule has 10 rings (SSSR count). The van der Waals surface area contributed by atoms with E-state index in [4.69, 9.17) is 0 Å². The number of benzene rings is 4. The molecule has 0 aliphatic heterocycles. The molecule has 4 aromatic heterocycles.